The van der Waals surface area contributed by atoms with Crippen molar-refractivity contribution < 1.29 is 19.5 Å². The van der Waals surface area contributed by atoms with Gasteiger partial charge >= 0.3 is 5.97 Å². The number of hydrogen-bond donors (Lipinski definition) is 3. The minimum absolute atomic E-state index is 0.352. The maximum absolute atomic E-state index is 11.8. The Hall–Kier alpha value is -2.37. The summed E-state index contributed by atoms with van der Waals surface area (Å²) in [5, 5.41) is 13.6. The molecule has 1 heterocycles. The van der Waals surface area contributed by atoms with E-state index in [0.29, 0.717) is 6.42 Å². The number of carbonyl (C=O) groups is 3. The molecule has 0 aliphatic carbocycles. The zero-order valence-electron chi connectivity index (χ0n) is 10.1. The van der Waals surface area contributed by atoms with Crippen LogP contribution >= 0.6 is 0 Å². The van der Waals surface area contributed by atoms with Gasteiger partial charge in [0.05, 0.1) is 6.42 Å². The molecule has 6 heteroatoms. The molecule has 0 bridgehead atoms. The fourth-order valence-electron chi connectivity index (χ4n) is 1.99. The molecule has 6 nitrogen and oxygen atoms in total. The smallest absolute Gasteiger partial charge is 0.305 e. The molecule has 0 radical (unpaired) electrons. The van der Waals surface area contributed by atoms with Crippen LogP contribution in [0.2, 0.25) is 0 Å². The van der Waals surface area contributed by atoms with E-state index in [-0.39, 0.29) is 5.91 Å². The van der Waals surface area contributed by atoms with Crippen molar-refractivity contribution in [2.24, 2.45) is 0 Å². The van der Waals surface area contributed by atoms with Gasteiger partial charge < -0.3 is 15.7 Å². The fraction of sp³-hybridized carbons (Fsp3) is 0.308. The van der Waals surface area contributed by atoms with Gasteiger partial charge in [0.15, 0.2) is 0 Å². The van der Waals surface area contributed by atoms with Crippen molar-refractivity contribution in [1.82, 2.24) is 10.6 Å². The summed E-state index contributed by atoms with van der Waals surface area (Å²) < 4.78 is 0. The van der Waals surface area contributed by atoms with Gasteiger partial charge in [-0.2, -0.15) is 0 Å². The van der Waals surface area contributed by atoms with Gasteiger partial charge in [-0.3, -0.25) is 14.4 Å². The van der Waals surface area contributed by atoms with Crippen LogP contribution in [0.4, 0.5) is 0 Å². The first kappa shape index (κ1) is 13.1. The molecule has 2 amide bonds. The van der Waals surface area contributed by atoms with Gasteiger partial charge in [0.1, 0.15) is 12.1 Å². The van der Waals surface area contributed by atoms with Crippen LogP contribution in [-0.4, -0.2) is 35.0 Å². The molecular formula is C13H14N2O4. The maximum Gasteiger partial charge on any atom is 0.305 e. The highest BCUT2D eigenvalue weighted by molar-refractivity contribution is 5.98. The van der Waals surface area contributed by atoms with Crippen molar-refractivity contribution in [3.8, 4) is 0 Å². The van der Waals surface area contributed by atoms with Crippen LogP contribution in [0.15, 0.2) is 30.3 Å². The number of carboxylic acid groups (broad SMARTS) is 1. The van der Waals surface area contributed by atoms with E-state index >= 15 is 0 Å². The highest BCUT2D eigenvalue weighted by Crippen LogP contribution is 2.08. The zero-order valence-corrected chi connectivity index (χ0v) is 10.1. The summed E-state index contributed by atoms with van der Waals surface area (Å²) in [6.45, 7) is 0. The lowest BCUT2D eigenvalue weighted by atomic mass is 10.0. The molecule has 0 aromatic heterocycles. The van der Waals surface area contributed by atoms with E-state index < -0.39 is 30.4 Å². The molecule has 19 heavy (non-hydrogen) atoms. The second-order valence-corrected chi connectivity index (χ2v) is 4.41. The Labute approximate surface area is 109 Å². The van der Waals surface area contributed by atoms with Gasteiger partial charge in [0, 0.05) is 6.42 Å². The summed E-state index contributed by atoms with van der Waals surface area (Å²) in [6.07, 6.45) is -0.0200. The van der Waals surface area contributed by atoms with Crippen LogP contribution in [0.3, 0.4) is 0 Å². The third kappa shape index (κ3) is 3.31. The van der Waals surface area contributed by atoms with Crippen molar-refractivity contribution in [3.05, 3.63) is 35.9 Å². The van der Waals surface area contributed by atoms with Gasteiger partial charge in [-0.1, -0.05) is 30.3 Å². The van der Waals surface area contributed by atoms with Crippen LogP contribution in [0.5, 0.6) is 0 Å². The van der Waals surface area contributed by atoms with E-state index in [0.717, 1.165) is 5.56 Å². The van der Waals surface area contributed by atoms with Gasteiger partial charge in [-0.05, 0) is 5.56 Å². The SMILES string of the molecule is O=C(O)CC1NC(=O)[C@H](Cc2ccccc2)NC1=O. The molecule has 2 rings (SSSR count). The van der Waals surface area contributed by atoms with Crippen molar-refractivity contribution in [2.75, 3.05) is 0 Å². The third-order valence-electron chi connectivity index (χ3n) is 2.93. The topological polar surface area (TPSA) is 95.5 Å². The van der Waals surface area contributed by atoms with Crippen molar-refractivity contribution in [1.29, 1.82) is 0 Å². The summed E-state index contributed by atoms with van der Waals surface area (Å²) in [5.41, 5.74) is 0.930. The summed E-state index contributed by atoms with van der Waals surface area (Å²) in [5.74, 6) is -1.93. The Bertz CT molecular complexity index is 501. The normalized spacial score (nSPS) is 22.5. The molecule has 1 fully saturated rings. The quantitative estimate of drug-likeness (QED) is 0.693. The van der Waals surface area contributed by atoms with E-state index in [9.17, 15) is 14.4 Å². The predicted octanol–water partition coefficient (Wildman–Crippen LogP) is -0.313. The number of piperazine rings is 1. The number of amides is 2. The molecule has 1 aromatic carbocycles. The number of hydrogen-bond acceptors (Lipinski definition) is 3. The summed E-state index contributed by atoms with van der Waals surface area (Å²) in [7, 11) is 0. The lowest BCUT2D eigenvalue weighted by molar-refractivity contribution is -0.143. The van der Waals surface area contributed by atoms with Crippen LogP contribution in [-0.2, 0) is 20.8 Å². The minimum Gasteiger partial charge on any atom is -0.481 e. The van der Waals surface area contributed by atoms with Crippen LogP contribution in [0, 0.1) is 0 Å². The van der Waals surface area contributed by atoms with Crippen molar-refractivity contribution >= 4 is 17.8 Å². The van der Waals surface area contributed by atoms with Gasteiger partial charge in [-0.15, -0.1) is 0 Å². The number of carboxylic acids is 1. The van der Waals surface area contributed by atoms with E-state index in [1.165, 1.54) is 0 Å². The second kappa shape index (κ2) is 5.51. The van der Waals surface area contributed by atoms with E-state index in [4.69, 9.17) is 5.11 Å². The Kier molecular flexibility index (Phi) is 3.79. The minimum atomic E-state index is -1.12. The number of rotatable bonds is 4. The molecule has 0 saturated carbocycles. The van der Waals surface area contributed by atoms with Crippen molar-refractivity contribution in [3.63, 3.8) is 0 Å². The molecule has 1 aliphatic heterocycles. The first-order valence-corrected chi connectivity index (χ1v) is 5.92. The number of carbonyl (C=O) groups excluding carboxylic acids is 2. The molecular weight excluding hydrogens is 248 g/mol. The summed E-state index contributed by atoms with van der Waals surface area (Å²) in [6, 6.07) is 7.66. The van der Waals surface area contributed by atoms with Crippen LogP contribution in [0.25, 0.3) is 0 Å². The number of benzene rings is 1. The number of aliphatic carboxylic acids is 1. The van der Waals surface area contributed by atoms with Gasteiger partial charge in [0.25, 0.3) is 0 Å². The molecule has 3 N–H and O–H groups in total. The molecule has 100 valence electrons. The monoisotopic (exact) mass is 262 g/mol. The first-order chi connectivity index (χ1) is 9.06. The predicted molar refractivity (Wildman–Crippen MR) is 66.3 cm³/mol. The Morgan fingerprint density at radius 1 is 1.05 bits per heavy atom. The lowest BCUT2D eigenvalue weighted by Gasteiger charge is -2.28. The molecule has 1 unspecified atom stereocenters. The summed E-state index contributed by atoms with van der Waals surface area (Å²) >= 11 is 0. The van der Waals surface area contributed by atoms with Crippen LogP contribution in [0.1, 0.15) is 12.0 Å². The zero-order chi connectivity index (χ0) is 13.8. The molecule has 0 spiro atoms. The Balaban J connectivity index is 2.00. The van der Waals surface area contributed by atoms with E-state index in [1.807, 2.05) is 30.3 Å². The standard InChI is InChI=1S/C13H14N2O4/c16-11(17)7-10-13(19)14-9(12(18)15-10)6-8-4-2-1-3-5-8/h1-5,9-10H,6-7H2,(H,14,19)(H,15,18)(H,16,17)/t9-,10?/m0/s1. The average Bonchev–Trinajstić information content (AvgIpc) is 2.36. The van der Waals surface area contributed by atoms with Crippen LogP contribution < -0.4 is 10.6 Å². The lowest BCUT2D eigenvalue weighted by Crippen LogP contribution is -2.62. The summed E-state index contributed by atoms with van der Waals surface area (Å²) in [4.78, 5) is 34.1. The maximum atomic E-state index is 11.8. The highest BCUT2D eigenvalue weighted by atomic mass is 16.4. The number of nitrogens with one attached hydrogen (secondary N) is 2. The fourth-order valence-corrected chi connectivity index (χ4v) is 1.99. The molecule has 1 aliphatic rings. The van der Waals surface area contributed by atoms with E-state index in [2.05, 4.69) is 10.6 Å². The second-order valence-electron chi connectivity index (χ2n) is 4.41. The van der Waals surface area contributed by atoms with Crippen molar-refractivity contribution in [2.45, 2.75) is 24.9 Å². The van der Waals surface area contributed by atoms with E-state index in [1.54, 1.807) is 0 Å². The first-order valence-electron chi connectivity index (χ1n) is 5.92. The third-order valence-corrected chi connectivity index (χ3v) is 2.93. The molecule has 1 saturated heterocycles. The van der Waals surface area contributed by atoms with Gasteiger partial charge in [0.2, 0.25) is 11.8 Å². The largest absolute Gasteiger partial charge is 0.481 e. The average molecular weight is 262 g/mol. The van der Waals surface area contributed by atoms with Gasteiger partial charge in [-0.25, -0.2) is 0 Å². The Morgan fingerprint density at radius 3 is 2.26 bits per heavy atom. The molecule has 1 aromatic rings. The Morgan fingerprint density at radius 2 is 1.63 bits per heavy atom. The highest BCUT2D eigenvalue weighted by Gasteiger charge is 2.34. The molecule has 2 atom stereocenters.